The number of nitrogens with zero attached hydrogens (tertiary/aromatic N) is 1. The summed E-state index contributed by atoms with van der Waals surface area (Å²) < 4.78 is 10.4. The third kappa shape index (κ3) is 4.70. The van der Waals surface area contributed by atoms with Crippen LogP contribution in [-0.2, 0) is 14.3 Å². The number of ether oxygens (including phenoxy) is 2. The molecule has 0 bridgehead atoms. The number of aromatic nitrogens is 1. The molecule has 1 aromatic rings. The molecule has 1 fully saturated rings. The Kier molecular flexibility index (Phi) is 7.05. The number of rotatable bonds is 6. The maximum atomic E-state index is 12.6. The van der Waals surface area contributed by atoms with Gasteiger partial charge in [-0.15, -0.1) is 0 Å². The van der Waals surface area contributed by atoms with Crippen LogP contribution in [0.3, 0.4) is 0 Å². The Morgan fingerprint density at radius 1 is 1.15 bits per heavy atom. The molecule has 1 heterocycles. The van der Waals surface area contributed by atoms with Gasteiger partial charge in [-0.3, -0.25) is 4.79 Å². The highest BCUT2D eigenvalue weighted by atomic mass is 16.5. The van der Waals surface area contributed by atoms with Gasteiger partial charge in [-0.2, -0.15) is 0 Å². The lowest BCUT2D eigenvalue weighted by molar-refractivity contribution is -0.141. The smallest absolute Gasteiger partial charge is 0.355 e. The minimum atomic E-state index is -0.885. The number of likely N-dealkylation sites (N-methyl/N-ethyl adjacent to an activating group) is 1. The van der Waals surface area contributed by atoms with Gasteiger partial charge in [0, 0.05) is 18.8 Å². The average molecular weight is 378 g/mol. The second-order valence-corrected chi connectivity index (χ2v) is 7.13. The summed E-state index contributed by atoms with van der Waals surface area (Å²) in [6.45, 7) is 6.90. The Hall–Kier alpha value is -2.31. The Morgan fingerprint density at radius 3 is 2.37 bits per heavy atom. The van der Waals surface area contributed by atoms with Crippen molar-refractivity contribution in [1.29, 1.82) is 0 Å². The molecule has 7 nitrogen and oxygen atoms in total. The maximum absolute atomic E-state index is 12.6. The van der Waals surface area contributed by atoms with Crippen LogP contribution in [0.5, 0.6) is 0 Å². The topological polar surface area (TPSA) is 88.7 Å². The number of hydrogen-bond acceptors (Lipinski definition) is 5. The van der Waals surface area contributed by atoms with Crippen LogP contribution in [0.4, 0.5) is 0 Å². The predicted molar refractivity (Wildman–Crippen MR) is 101 cm³/mol. The van der Waals surface area contributed by atoms with E-state index in [2.05, 4.69) is 4.98 Å². The van der Waals surface area contributed by atoms with Crippen LogP contribution in [0.25, 0.3) is 0 Å². The van der Waals surface area contributed by atoms with Crippen molar-refractivity contribution in [3.63, 3.8) is 0 Å². The molecule has 7 heteroatoms. The van der Waals surface area contributed by atoms with Crippen LogP contribution in [0, 0.1) is 13.8 Å². The van der Waals surface area contributed by atoms with Crippen molar-refractivity contribution in [3.8, 4) is 0 Å². The van der Waals surface area contributed by atoms with Crippen molar-refractivity contribution < 1.29 is 23.9 Å². The van der Waals surface area contributed by atoms with Crippen LogP contribution >= 0.6 is 0 Å². The van der Waals surface area contributed by atoms with Crippen molar-refractivity contribution >= 4 is 17.8 Å². The highest BCUT2D eigenvalue weighted by molar-refractivity contribution is 5.99. The summed E-state index contributed by atoms with van der Waals surface area (Å²) in [5.41, 5.74) is 1.50. The van der Waals surface area contributed by atoms with E-state index in [1.807, 2.05) is 0 Å². The van der Waals surface area contributed by atoms with Gasteiger partial charge in [-0.25, -0.2) is 9.59 Å². The first-order valence-electron chi connectivity index (χ1n) is 9.61. The fraction of sp³-hybridized carbons (Fsp3) is 0.650. The average Bonchev–Trinajstić information content (AvgIpc) is 2.95. The van der Waals surface area contributed by atoms with Gasteiger partial charge in [0.25, 0.3) is 5.91 Å². The largest absolute Gasteiger partial charge is 0.461 e. The van der Waals surface area contributed by atoms with E-state index in [-0.39, 0.29) is 29.8 Å². The number of H-pyrrole nitrogens is 1. The zero-order valence-corrected chi connectivity index (χ0v) is 16.9. The normalized spacial score (nSPS) is 15.9. The van der Waals surface area contributed by atoms with Crippen LogP contribution in [0.1, 0.15) is 78.1 Å². The van der Waals surface area contributed by atoms with Crippen LogP contribution in [0.15, 0.2) is 0 Å². The number of carbonyl (C=O) groups excluding carboxylic acids is 3. The van der Waals surface area contributed by atoms with Gasteiger partial charge in [0.2, 0.25) is 0 Å². The molecule has 1 atom stereocenters. The molecule has 0 spiro atoms. The second-order valence-electron chi connectivity index (χ2n) is 7.13. The number of amides is 1. The first-order chi connectivity index (χ1) is 12.8. The van der Waals surface area contributed by atoms with Crippen molar-refractivity contribution in [2.75, 3.05) is 13.7 Å². The number of hydrogen-bond donors (Lipinski definition) is 1. The van der Waals surface area contributed by atoms with E-state index in [0.29, 0.717) is 11.3 Å². The SMILES string of the molecule is CCOC(=O)c1[nH]c(C)c(C(=O)O[C@H](C)C(=O)N(C)C2CCCCC2)c1C. The molecule has 1 aliphatic carbocycles. The molecule has 27 heavy (non-hydrogen) atoms. The number of nitrogens with one attached hydrogen (secondary N) is 1. The van der Waals surface area contributed by atoms with Gasteiger partial charge in [0.05, 0.1) is 12.2 Å². The lowest BCUT2D eigenvalue weighted by Gasteiger charge is -2.32. The molecular weight excluding hydrogens is 348 g/mol. The van der Waals surface area contributed by atoms with Gasteiger partial charge in [-0.1, -0.05) is 19.3 Å². The van der Waals surface area contributed by atoms with E-state index >= 15 is 0 Å². The summed E-state index contributed by atoms with van der Waals surface area (Å²) in [6, 6.07) is 0.207. The Bertz CT molecular complexity index is 703. The van der Waals surface area contributed by atoms with Crippen LogP contribution < -0.4 is 0 Å². The van der Waals surface area contributed by atoms with Crippen LogP contribution in [-0.4, -0.2) is 53.5 Å². The first-order valence-corrected chi connectivity index (χ1v) is 9.61. The molecule has 0 radical (unpaired) electrons. The van der Waals surface area contributed by atoms with Crippen molar-refractivity contribution in [2.45, 2.75) is 71.9 Å². The molecule has 1 aliphatic rings. The number of aromatic amines is 1. The lowest BCUT2D eigenvalue weighted by atomic mass is 9.94. The van der Waals surface area contributed by atoms with E-state index in [4.69, 9.17) is 9.47 Å². The van der Waals surface area contributed by atoms with E-state index in [1.165, 1.54) is 6.42 Å². The van der Waals surface area contributed by atoms with Gasteiger partial charge >= 0.3 is 11.9 Å². The molecule has 150 valence electrons. The fourth-order valence-corrected chi connectivity index (χ4v) is 3.67. The molecule has 1 amide bonds. The van der Waals surface area contributed by atoms with E-state index in [0.717, 1.165) is 25.7 Å². The van der Waals surface area contributed by atoms with E-state index < -0.39 is 18.0 Å². The quantitative estimate of drug-likeness (QED) is 0.768. The Morgan fingerprint density at radius 2 is 1.78 bits per heavy atom. The molecular formula is C20H30N2O5. The predicted octanol–water partition coefficient (Wildman–Crippen LogP) is 3.14. The molecule has 0 unspecified atom stereocenters. The van der Waals surface area contributed by atoms with E-state index in [9.17, 15) is 14.4 Å². The van der Waals surface area contributed by atoms with Crippen LogP contribution in [0.2, 0.25) is 0 Å². The molecule has 0 saturated heterocycles. The summed E-state index contributed by atoms with van der Waals surface area (Å²) in [5, 5.41) is 0. The summed E-state index contributed by atoms with van der Waals surface area (Å²) in [7, 11) is 1.77. The molecule has 0 aliphatic heterocycles. The van der Waals surface area contributed by atoms with Crippen molar-refractivity contribution in [1.82, 2.24) is 9.88 Å². The zero-order valence-electron chi connectivity index (χ0n) is 16.9. The summed E-state index contributed by atoms with van der Waals surface area (Å²) in [5.74, 6) is -1.33. The lowest BCUT2D eigenvalue weighted by Crippen LogP contribution is -2.44. The molecule has 0 aromatic carbocycles. The molecule has 2 rings (SSSR count). The number of esters is 2. The van der Waals surface area contributed by atoms with Gasteiger partial charge < -0.3 is 19.4 Å². The summed E-state index contributed by atoms with van der Waals surface area (Å²) in [6.07, 6.45) is 4.54. The monoisotopic (exact) mass is 378 g/mol. The van der Waals surface area contributed by atoms with Gasteiger partial charge in [-0.05, 0) is 46.1 Å². The molecule has 1 N–H and O–H groups in total. The third-order valence-corrected chi connectivity index (χ3v) is 5.22. The number of carbonyl (C=O) groups is 3. The molecule has 1 saturated carbocycles. The van der Waals surface area contributed by atoms with Gasteiger partial charge in [0.1, 0.15) is 5.69 Å². The first kappa shape index (κ1) is 21.0. The maximum Gasteiger partial charge on any atom is 0.355 e. The highest BCUT2D eigenvalue weighted by Crippen LogP contribution is 2.23. The standard InChI is InChI=1S/C20H30N2O5/c1-6-26-20(25)17-12(2)16(13(3)21-17)19(24)27-14(4)18(23)22(5)15-10-8-7-9-11-15/h14-15,21H,6-11H2,1-5H3/t14-/m1/s1. The zero-order chi connectivity index (χ0) is 20.1. The van der Waals surface area contributed by atoms with E-state index in [1.54, 1.807) is 39.6 Å². The van der Waals surface area contributed by atoms with Gasteiger partial charge in [0.15, 0.2) is 6.10 Å². The van der Waals surface area contributed by atoms with Crippen molar-refractivity contribution in [2.24, 2.45) is 0 Å². The number of aryl methyl sites for hydroxylation is 1. The Balaban J connectivity index is 2.07. The minimum Gasteiger partial charge on any atom is -0.461 e. The highest BCUT2D eigenvalue weighted by Gasteiger charge is 2.30. The summed E-state index contributed by atoms with van der Waals surface area (Å²) in [4.78, 5) is 41.8. The second kappa shape index (κ2) is 9.06. The molecule has 1 aromatic heterocycles. The third-order valence-electron chi connectivity index (χ3n) is 5.22. The Labute approximate surface area is 160 Å². The van der Waals surface area contributed by atoms with Crippen molar-refractivity contribution in [3.05, 3.63) is 22.5 Å². The minimum absolute atomic E-state index is 0.202. The summed E-state index contributed by atoms with van der Waals surface area (Å²) >= 11 is 0. The fourth-order valence-electron chi connectivity index (χ4n) is 3.67.